The maximum absolute atomic E-state index is 3.38. The van der Waals surface area contributed by atoms with Gasteiger partial charge < -0.3 is 0 Å². The summed E-state index contributed by atoms with van der Waals surface area (Å²) < 4.78 is 0. The predicted octanol–water partition coefficient (Wildman–Crippen LogP) is 0.0952. The third-order valence-electron chi connectivity index (χ3n) is 2.76. The van der Waals surface area contributed by atoms with E-state index < -0.39 is 0 Å². The molecule has 13 heavy (non-hydrogen) atoms. The molecule has 0 amide bonds. The molecule has 1 N–H and O–H groups in total. The van der Waals surface area contributed by atoms with Crippen LogP contribution in [0.2, 0.25) is 0 Å². The number of nitrogens with one attached hydrogen (secondary N) is 1. The van der Waals surface area contributed by atoms with Crippen LogP contribution in [0.5, 0.6) is 0 Å². The molecule has 2 aliphatic rings. The Morgan fingerprint density at radius 2 is 1.46 bits per heavy atom. The van der Waals surface area contributed by atoms with Gasteiger partial charge in [-0.25, -0.2) is 0 Å². The van der Waals surface area contributed by atoms with Crippen molar-refractivity contribution in [2.24, 2.45) is 0 Å². The van der Waals surface area contributed by atoms with Gasteiger partial charge in [-0.1, -0.05) is 0 Å². The lowest BCUT2D eigenvalue weighted by Crippen LogP contribution is -2.66. The van der Waals surface area contributed by atoms with Gasteiger partial charge in [0, 0.05) is 5.54 Å². The van der Waals surface area contributed by atoms with Crippen molar-refractivity contribution in [3.63, 3.8) is 0 Å². The van der Waals surface area contributed by atoms with Gasteiger partial charge in [0.15, 0.2) is 0 Å². The molecule has 0 spiro atoms. The first-order chi connectivity index (χ1) is 6.05. The molecule has 76 valence electrons. The van der Waals surface area contributed by atoms with Gasteiger partial charge in [0.2, 0.25) is 0 Å². The lowest BCUT2D eigenvalue weighted by atomic mass is 10.1. The Bertz CT molecular complexity index is 175. The van der Waals surface area contributed by atoms with Crippen molar-refractivity contribution in [2.45, 2.75) is 26.3 Å². The first kappa shape index (κ1) is 9.40. The van der Waals surface area contributed by atoms with Gasteiger partial charge in [0.25, 0.3) is 0 Å². The quantitative estimate of drug-likeness (QED) is 0.576. The van der Waals surface area contributed by atoms with E-state index in [-0.39, 0.29) is 5.54 Å². The van der Waals surface area contributed by atoms with Gasteiger partial charge in [-0.2, -0.15) is 0 Å². The number of nitrogens with zero attached hydrogens (tertiary/aromatic N) is 3. The van der Waals surface area contributed by atoms with Crippen LogP contribution in [0.4, 0.5) is 0 Å². The Labute approximate surface area is 80.5 Å². The van der Waals surface area contributed by atoms with Gasteiger partial charge in [-0.05, 0) is 20.8 Å². The number of hydrogen-bond donors (Lipinski definition) is 1. The molecular weight excluding hydrogens is 164 g/mol. The van der Waals surface area contributed by atoms with E-state index in [4.69, 9.17) is 0 Å². The molecule has 2 aliphatic heterocycles. The summed E-state index contributed by atoms with van der Waals surface area (Å²) in [6.07, 6.45) is 0. The van der Waals surface area contributed by atoms with Crippen LogP contribution in [-0.4, -0.2) is 53.6 Å². The SMILES string of the molecule is CC(C)(C)N1CN2CNCN(C2)C1. The van der Waals surface area contributed by atoms with E-state index in [1.54, 1.807) is 0 Å². The van der Waals surface area contributed by atoms with Crippen LogP contribution in [-0.2, 0) is 0 Å². The second kappa shape index (κ2) is 3.20. The van der Waals surface area contributed by atoms with Crippen LogP contribution in [0.3, 0.4) is 0 Å². The molecule has 2 bridgehead atoms. The van der Waals surface area contributed by atoms with Crippen LogP contribution in [0.15, 0.2) is 0 Å². The van der Waals surface area contributed by atoms with Crippen molar-refractivity contribution in [3.05, 3.63) is 0 Å². The standard InChI is InChI=1S/C9H20N4/c1-9(2,3)13-7-11-4-10-5-12(6-11)8-13/h10H,4-8H2,1-3H3. The third-order valence-corrected chi connectivity index (χ3v) is 2.76. The fraction of sp³-hybridized carbons (Fsp3) is 1.00. The summed E-state index contributed by atoms with van der Waals surface area (Å²) >= 11 is 0. The molecule has 2 saturated heterocycles. The largest absolute Gasteiger partial charge is 0.291 e. The van der Waals surface area contributed by atoms with Gasteiger partial charge in [0.1, 0.15) is 0 Å². The first-order valence-electron chi connectivity index (χ1n) is 4.96. The highest BCUT2D eigenvalue weighted by Gasteiger charge is 2.31. The van der Waals surface area contributed by atoms with Gasteiger partial charge >= 0.3 is 0 Å². The second-order valence-corrected chi connectivity index (χ2v) is 5.04. The maximum Gasteiger partial charge on any atom is 0.0554 e. The molecule has 4 nitrogen and oxygen atoms in total. The molecule has 0 aromatic rings. The van der Waals surface area contributed by atoms with Crippen LogP contribution < -0.4 is 5.32 Å². The highest BCUT2D eigenvalue weighted by Crippen LogP contribution is 2.18. The molecule has 2 atom stereocenters. The Balaban J connectivity index is 2.01. The smallest absolute Gasteiger partial charge is 0.0554 e. The van der Waals surface area contributed by atoms with Crippen molar-refractivity contribution < 1.29 is 0 Å². The minimum atomic E-state index is 0.286. The zero-order chi connectivity index (χ0) is 9.47. The van der Waals surface area contributed by atoms with E-state index in [0.717, 1.165) is 33.3 Å². The summed E-state index contributed by atoms with van der Waals surface area (Å²) in [4.78, 5) is 7.37. The molecule has 4 heteroatoms. The molecule has 0 aromatic carbocycles. The normalized spacial score (nSPS) is 36.2. The maximum atomic E-state index is 3.38. The molecule has 2 rings (SSSR count). The average molecular weight is 184 g/mol. The molecule has 2 unspecified atom stereocenters. The van der Waals surface area contributed by atoms with Crippen molar-refractivity contribution >= 4 is 0 Å². The fourth-order valence-corrected chi connectivity index (χ4v) is 1.89. The molecule has 2 fully saturated rings. The van der Waals surface area contributed by atoms with Gasteiger partial charge in [0.05, 0.1) is 33.3 Å². The van der Waals surface area contributed by atoms with Crippen molar-refractivity contribution in [1.29, 1.82) is 0 Å². The monoisotopic (exact) mass is 184 g/mol. The van der Waals surface area contributed by atoms with E-state index in [9.17, 15) is 0 Å². The molecular formula is C9H20N4. The molecule has 0 radical (unpaired) electrons. The highest BCUT2D eigenvalue weighted by atomic mass is 15.6. The zero-order valence-electron chi connectivity index (χ0n) is 8.88. The minimum absolute atomic E-state index is 0.286. The van der Waals surface area contributed by atoms with E-state index in [0.29, 0.717) is 0 Å². The number of fused-ring (bicyclic) bond motifs is 2. The highest BCUT2D eigenvalue weighted by molar-refractivity contribution is 4.81. The van der Waals surface area contributed by atoms with E-state index >= 15 is 0 Å². The Morgan fingerprint density at radius 3 is 1.92 bits per heavy atom. The fourth-order valence-electron chi connectivity index (χ4n) is 1.89. The van der Waals surface area contributed by atoms with Crippen molar-refractivity contribution in [2.75, 3.05) is 33.3 Å². The summed E-state index contributed by atoms with van der Waals surface area (Å²) in [6.45, 7) is 12.2. The average Bonchev–Trinajstić information content (AvgIpc) is 2.01. The molecule has 0 aromatic heterocycles. The summed E-state index contributed by atoms with van der Waals surface area (Å²) in [6, 6.07) is 0. The molecule has 2 heterocycles. The minimum Gasteiger partial charge on any atom is -0.291 e. The van der Waals surface area contributed by atoms with Crippen molar-refractivity contribution in [1.82, 2.24) is 20.0 Å². The number of rotatable bonds is 0. The second-order valence-electron chi connectivity index (χ2n) is 5.04. The van der Waals surface area contributed by atoms with Crippen molar-refractivity contribution in [3.8, 4) is 0 Å². The third kappa shape index (κ3) is 2.02. The van der Waals surface area contributed by atoms with Crippen LogP contribution in [0.25, 0.3) is 0 Å². The lowest BCUT2D eigenvalue weighted by molar-refractivity contribution is -0.0993. The van der Waals surface area contributed by atoms with E-state index in [1.165, 1.54) is 0 Å². The van der Waals surface area contributed by atoms with Crippen LogP contribution in [0.1, 0.15) is 20.8 Å². The Morgan fingerprint density at radius 1 is 0.923 bits per heavy atom. The van der Waals surface area contributed by atoms with Crippen LogP contribution in [0, 0.1) is 0 Å². The Kier molecular flexibility index (Phi) is 2.32. The zero-order valence-corrected chi connectivity index (χ0v) is 8.88. The summed E-state index contributed by atoms with van der Waals surface area (Å²) in [5, 5.41) is 3.38. The number of hydrogen-bond acceptors (Lipinski definition) is 4. The van der Waals surface area contributed by atoms with E-state index in [2.05, 4.69) is 40.8 Å². The van der Waals surface area contributed by atoms with Gasteiger partial charge in [-0.15, -0.1) is 0 Å². The summed E-state index contributed by atoms with van der Waals surface area (Å²) in [5.74, 6) is 0. The predicted molar refractivity (Wildman–Crippen MR) is 52.7 cm³/mol. The first-order valence-corrected chi connectivity index (χ1v) is 4.96. The molecule has 0 saturated carbocycles. The van der Waals surface area contributed by atoms with E-state index in [1.807, 2.05) is 0 Å². The van der Waals surface area contributed by atoms with Gasteiger partial charge in [-0.3, -0.25) is 20.0 Å². The topological polar surface area (TPSA) is 21.8 Å². The van der Waals surface area contributed by atoms with Crippen LogP contribution >= 0.6 is 0 Å². The summed E-state index contributed by atoms with van der Waals surface area (Å²) in [7, 11) is 0. The summed E-state index contributed by atoms with van der Waals surface area (Å²) in [5.41, 5.74) is 0.286. The Hall–Kier alpha value is -0.160. The molecule has 0 aliphatic carbocycles. The lowest BCUT2D eigenvalue weighted by Gasteiger charge is -2.50.